The Morgan fingerprint density at radius 3 is 2.71 bits per heavy atom. The maximum atomic E-state index is 11.8. The van der Waals surface area contributed by atoms with Crippen molar-refractivity contribution in [2.75, 3.05) is 20.1 Å². The zero-order valence-electron chi connectivity index (χ0n) is 10.3. The number of H-pyrrole nitrogens is 1. The molecule has 0 aromatic carbocycles. The number of hydrogen-bond acceptors (Lipinski definition) is 4. The lowest BCUT2D eigenvalue weighted by Gasteiger charge is -2.17. The molecule has 94 valence electrons. The Morgan fingerprint density at radius 1 is 1.59 bits per heavy atom. The number of nitrogens with zero attached hydrogens (tertiary/aromatic N) is 2. The van der Waals surface area contributed by atoms with Crippen LogP contribution in [0.5, 0.6) is 0 Å². The van der Waals surface area contributed by atoms with Crippen molar-refractivity contribution in [2.24, 2.45) is 5.92 Å². The number of carbonyl (C=O) groups is 1. The number of nitro groups is 1. The van der Waals surface area contributed by atoms with E-state index in [4.69, 9.17) is 0 Å². The molecule has 0 saturated carbocycles. The minimum atomic E-state index is -0.523. The standard InChI is InChI=1S/C11H17N3O3/c1-8(2)6-13(3)7-11(15)10-4-9(5-12-10)14(16)17/h4-5,8,12H,6-7H2,1-3H3. The lowest BCUT2D eigenvalue weighted by Crippen LogP contribution is -2.29. The van der Waals surface area contributed by atoms with Gasteiger partial charge in [-0.1, -0.05) is 13.8 Å². The highest BCUT2D eigenvalue weighted by Gasteiger charge is 2.16. The van der Waals surface area contributed by atoms with Gasteiger partial charge in [-0.25, -0.2) is 0 Å². The fraction of sp³-hybridized carbons (Fsp3) is 0.545. The summed E-state index contributed by atoms with van der Waals surface area (Å²) in [6.07, 6.45) is 1.23. The smallest absolute Gasteiger partial charge is 0.287 e. The number of rotatable bonds is 6. The van der Waals surface area contributed by atoms with Gasteiger partial charge < -0.3 is 4.98 Å². The summed E-state index contributed by atoms with van der Waals surface area (Å²) < 4.78 is 0. The van der Waals surface area contributed by atoms with E-state index in [-0.39, 0.29) is 23.7 Å². The van der Waals surface area contributed by atoms with Crippen LogP contribution in [0.3, 0.4) is 0 Å². The molecular weight excluding hydrogens is 222 g/mol. The molecule has 0 bridgehead atoms. The first-order chi connectivity index (χ1) is 7.90. The molecule has 1 aromatic heterocycles. The SMILES string of the molecule is CC(C)CN(C)CC(=O)c1cc([N+](=O)[O-])c[nH]1. The molecule has 0 aliphatic heterocycles. The van der Waals surface area contributed by atoms with Crippen molar-refractivity contribution in [3.8, 4) is 0 Å². The fourth-order valence-corrected chi connectivity index (χ4v) is 1.67. The highest BCUT2D eigenvalue weighted by Crippen LogP contribution is 2.12. The predicted octanol–water partition coefficient (Wildman–Crippen LogP) is 1.69. The van der Waals surface area contributed by atoms with E-state index < -0.39 is 4.92 Å². The first kappa shape index (κ1) is 13.4. The summed E-state index contributed by atoms with van der Waals surface area (Å²) in [5.41, 5.74) is 0.201. The molecule has 0 aliphatic carbocycles. The number of ketones is 1. The molecule has 0 unspecified atom stereocenters. The molecule has 17 heavy (non-hydrogen) atoms. The number of likely N-dealkylation sites (N-methyl/N-ethyl adjacent to an activating group) is 1. The molecule has 0 atom stereocenters. The molecule has 0 aliphatic rings. The molecule has 1 rings (SSSR count). The van der Waals surface area contributed by atoms with E-state index in [1.54, 1.807) is 0 Å². The number of carbonyl (C=O) groups excluding carboxylic acids is 1. The van der Waals surface area contributed by atoms with E-state index >= 15 is 0 Å². The van der Waals surface area contributed by atoms with Gasteiger partial charge in [0.25, 0.3) is 5.69 Å². The van der Waals surface area contributed by atoms with Crippen LogP contribution in [0.25, 0.3) is 0 Å². The molecule has 0 radical (unpaired) electrons. The second-order valence-electron chi connectivity index (χ2n) is 4.54. The van der Waals surface area contributed by atoms with Gasteiger partial charge in [-0.15, -0.1) is 0 Å². The van der Waals surface area contributed by atoms with E-state index in [9.17, 15) is 14.9 Å². The third-order valence-electron chi connectivity index (χ3n) is 2.27. The molecule has 0 fully saturated rings. The maximum Gasteiger partial charge on any atom is 0.287 e. The van der Waals surface area contributed by atoms with Crippen LogP contribution in [0.4, 0.5) is 5.69 Å². The second-order valence-corrected chi connectivity index (χ2v) is 4.54. The molecule has 0 saturated heterocycles. The molecule has 1 N–H and O–H groups in total. The first-order valence-electron chi connectivity index (χ1n) is 5.44. The lowest BCUT2D eigenvalue weighted by molar-refractivity contribution is -0.384. The Balaban J connectivity index is 2.60. The Bertz CT molecular complexity index is 412. The highest BCUT2D eigenvalue weighted by molar-refractivity contribution is 5.96. The Labute approximate surface area is 99.8 Å². The third kappa shape index (κ3) is 3.99. The zero-order valence-corrected chi connectivity index (χ0v) is 10.3. The van der Waals surface area contributed by atoms with E-state index in [0.717, 1.165) is 6.54 Å². The van der Waals surface area contributed by atoms with Crippen LogP contribution in [-0.4, -0.2) is 40.7 Å². The van der Waals surface area contributed by atoms with Crippen molar-refractivity contribution in [1.29, 1.82) is 0 Å². The van der Waals surface area contributed by atoms with Crippen LogP contribution in [0.1, 0.15) is 24.3 Å². The van der Waals surface area contributed by atoms with Gasteiger partial charge >= 0.3 is 0 Å². The van der Waals surface area contributed by atoms with Crippen LogP contribution in [0.15, 0.2) is 12.3 Å². The van der Waals surface area contributed by atoms with Crippen LogP contribution in [0.2, 0.25) is 0 Å². The van der Waals surface area contributed by atoms with Gasteiger partial charge in [-0.2, -0.15) is 0 Å². The van der Waals surface area contributed by atoms with Crippen LogP contribution >= 0.6 is 0 Å². The Morgan fingerprint density at radius 2 is 2.24 bits per heavy atom. The van der Waals surface area contributed by atoms with Crippen LogP contribution in [0, 0.1) is 16.0 Å². The van der Waals surface area contributed by atoms with Crippen molar-refractivity contribution >= 4 is 11.5 Å². The van der Waals surface area contributed by atoms with E-state index in [1.165, 1.54) is 12.3 Å². The average molecular weight is 239 g/mol. The summed E-state index contributed by atoms with van der Waals surface area (Å²) in [7, 11) is 1.86. The molecule has 0 amide bonds. The fourth-order valence-electron chi connectivity index (χ4n) is 1.67. The van der Waals surface area contributed by atoms with E-state index in [1.807, 2.05) is 11.9 Å². The number of Topliss-reactive ketones (excluding diaryl/α,β-unsaturated/α-hetero) is 1. The van der Waals surface area contributed by atoms with Gasteiger partial charge in [-0.3, -0.25) is 19.8 Å². The molecule has 1 aromatic rings. The third-order valence-corrected chi connectivity index (χ3v) is 2.27. The topological polar surface area (TPSA) is 79.2 Å². The molecule has 6 nitrogen and oxygen atoms in total. The summed E-state index contributed by atoms with van der Waals surface area (Å²) in [6.45, 7) is 5.21. The van der Waals surface area contributed by atoms with Crippen molar-refractivity contribution in [1.82, 2.24) is 9.88 Å². The number of hydrogen-bond donors (Lipinski definition) is 1. The average Bonchev–Trinajstić information content (AvgIpc) is 2.64. The van der Waals surface area contributed by atoms with Gasteiger partial charge in [0.1, 0.15) is 0 Å². The summed E-state index contributed by atoms with van der Waals surface area (Å²) in [6, 6.07) is 1.27. The predicted molar refractivity (Wildman–Crippen MR) is 64.1 cm³/mol. The van der Waals surface area contributed by atoms with Crippen molar-refractivity contribution in [3.63, 3.8) is 0 Å². The van der Waals surface area contributed by atoms with Crippen LogP contribution in [-0.2, 0) is 0 Å². The minimum Gasteiger partial charge on any atom is -0.353 e. The molecule has 1 heterocycles. The Kier molecular flexibility index (Phi) is 4.39. The van der Waals surface area contributed by atoms with Crippen molar-refractivity contribution in [3.05, 3.63) is 28.1 Å². The van der Waals surface area contributed by atoms with Gasteiger partial charge in [0.2, 0.25) is 0 Å². The van der Waals surface area contributed by atoms with Gasteiger partial charge in [-0.05, 0) is 13.0 Å². The minimum absolute atomic E-state index is 0.0835. The maximum absolute atomic E-state index is 11.8. The number of aromatic amines is 1. The molecular formula is C11H17N3O3. The summed E-state index contributed by atoms with van der Waals surface area (Å²) in [5, 5.41) is 10.5. The zero-order chi connectivity index (χ0) is 13.0. The van der Waals surface area contributed by atoms with Gasteiger partial charge in [0, 0.05) is 12.6 Å². The van der Waals surface area contributed by atoms with E-state index in [0.29, 0.717) is 5.92 Å². The number of nitrogens with one attached hydrogen (secondary N) is 1. The summed E-state index contributed by atoms with van der Waals surface area (Å²) in [5.74, 6) is 0.340. The highest BCUT2D eigenvalue weighted by atomic mass is 16.6. The van der Waals surface area contributed by atoms with Crippen molar-refractivity contribution < 1.29 is 9.72 Å². The van der Waals surface area contributed by atoms with Gasteiger partial charge in [0.05, 0.1) is 23.4 Å². The largest absolute Gasteiger partial charge is 0.353 e. The Hall–Kier alpha value is -1.69. The molecule has 6 heteroatoms. The number of aromatic nitrogens is 1. The quantitative estimate of drug-likeness (QED) is 0.465. The van der Waals surface area contributed by atoms with E-state index in [2.05, 4.69) is 18.8 Å². The van der Waals surface area contributed by atoms with Crippen LogP contribution < -0.4 is 0 Å². The van der Waals surface area contributed by atoms with Gasteiger partial charge in [0.15, 0.2) is 5.78 Å². The lowest BCUT2D eigenvalue weighted by atomic mass is 10.2. The monoisotopic (exact) mass is 239 g/mol. The first-order valence-corrected chi connectivity index (χ1v) is 5.44. The second kappa shape index (κ2) is 5.58. The summed E-state index contributed by atoms with van der Waals surface area (Å²) >= 11 is 0. The normalized spacial score (nSPS) is 11.1. The van der Waals surface area contributed by atoms with Crippen molar-refractivity contribution in [2.45, 2.75) is 13.8 Å². The summed E-state index contributed by atoms with van der Waals surface area (Å²) in [4.78, 5) is 26.3. The molecule has 0 spiro atoms.